The topological polar surface area (TPSA) is 106 Å². The van der Waals surface area contributed by atoms with Crippen molar-refractivity contribution in [1.29, 1.82) is 1.43 Å². The summed E-state index contributed by atoms with van der Waals surface area (Å²) in [6, 6.07) is 0. The van der Waals surface area contributed by atoms with Crippen molar-refractivity contribution in [3.63, 3.8) is 0 Å². The second kappa shape index (κ2) is 13.5. The molecule has 0 bridgehead atoms. The van der Waals surface area contributed by atoms with Gasteiger partial charge in [-0.2, -0.15) is 0 Å². The number of amides is 1. The average Bonchev–Trinajstić information content (AvgIpc) is 2.44. The van der Waals surface area contributed by atoms with Crippen molar-refractivity contribution >= 4 is 6.09 Å². The molecule has 3 N–H and O–H groups in total. The summed E-state index contributed by atoms with van der Waals surface area (Å²) in [6.45, 7) is 2.36. The first-order valence-electron chi connectivity index (χ1n) is 6.42. The minimum absolute atomic E-state index is 0.0751. The van der Waals surface area contributed by atoms with Crippen molar-refractivity contribution in [1.82, 2.24) is 5.32 Å². The number of hydrogen-bond acceptors (Lipinski definition) is 7. The molecule has 0 aliphatic carbocycles. The zero-order valence-corrected chi connectivity index (χ0v) is 11.1. The third-order valence-electron chi connectivity index (χ3n) is 1.95. The third kappa shape index (κ3) is 13.3. The predicted molar refractivity (Wildman–Crippen MR) is 66.0 cm³/mol. The largest absolute Gasteiger partial charge is 0.453 e. The van der Waals surface area contributed by atoms with E-state index in [-0.39, 0.29) is 13.2 Å². The van der Waals surface area contributed by atoms with E-state index in [1.807, 2.05) is 0 Å². The molecule has 19 heavy (non-hydrogen) atoms. The highest BCUT2D eigenvalue weighted by molar-refractivity contribution is 5.66. The summed E-state index contributed by atoms with van der Waals surface area (Å²) in [4.78, 5) is 10.7. The Hall–Kier alpha value is -0.930. The average molecular weight is 282 g/mol. The Kier molecular flexibility index (Phi) is 11.5. The maximum Gasteiger partial charge on any atom is 0.406 e. The van der Waals surface area contributed by atoms with Crippen LogP contribution in [0.4, 0.5) is 4.79 Å². The number of alkyl carbamates (subject to hydrolysis) is 1. The Morgan fingerprint density at radius 2 is 1.84 bits per heavy atom. The normalized spacial score (nSPS) is 12.8. The van der Waals surface area contributed by atoms with E-state index in [0.29, 0.717) is 39.6 Å². The van der Waals surface area contributed by atoms with Crippen LogP contribution in [0.5, 0.6) is 0 Å². The van der Waals surface area contributed by atoms with Gasteiger partial charge in [0.05, 0.1) is 53.4 Å². The number of aliphatic hydroxyl groups excluding tert-OH is 2. The van der Waals surface area contributed by atoms with Crippen LogP contribution >= 0.6 is 0 Å². The van der Waals surface area contributed by atoms with Gasteiger partial charge in [-0.25, -0.2) is 4.79 Å². The summed E-state index contributed by atoms with van der Waals surface area (Å²) in [5.74, 6) is 0. The number of rotatable bonds is 13. The number of carbonyl (C=O) groups is 1. The molecule has 0 radical (unpaired) electrons. The second-order valence-corrected chi connectivity index (χ2v) is 3.54. The van der Waals surface area contributed by atoms with Crippen LogP contribution in [0.25, 0.3) is 0 Å². The van der Waals surface area contributed by atoms with E-state index in [1.54, 1.807) is 0 Å². The minimum atomic E-state index is -0.793. The van der Waals surface area contributed by atoms with Crippen LogP contribution in [-0.4, -0.2) is 83.7 Å². The predicted octanol–water partition coefficient (Wildman–Crippen LogP) is -1.25. The zero-order valence-electron chi connectivity index (χ0n) is 12.1. The summed E-state index contributed by atoms with van der Waals surface area (Å²) in [5.41, 5.74) is 0. The molecule has 0 rings (SSSR count). The molecule has 0 aromatic carbocycles. The fraction of sp³-hybridized carbons (Fsp3) is 0.909. The van der Waals surface area contributed by atoms with Crippen molar-refractivity contribution < 1.29 is 34.0 Å². The lowest BCUT2D eigenvalue weighted by molar-refractivity contribution is -0.0226. The molecule has 114 valence electrons. The molecule has 0 aliphatic heterocycles. The number of ether oxygens (including phenoxy) is 4. The summed E-state index contributed by atoms with van der Waals surface area (Å²) in [7, 11) is 1.30. The quantitative estimate of drug-likeness (QED) is 0.362. The molecule has 0 saturated heterocycles. The lowest BCUT2D eigenvalue weighted by atomic mass is 10.4. The highest BCUT2D eigenvalue weighted by Crippen LogP contribution is 1.85. The summed E-state index contributed by atoms with van der Waals surface area (Å²) in [5, 5.41) is 15.6. The fourth-order valence-electron chi connectivity index (χ4n) is 1.00. The maximum atomic E-state index is 10.7. The van der Waals surface area contributed by atoms with E-state index in [2.05, 4.69) is 15.2 Å². The van der Waals surface area contributed by atoms with Crippen molar-refractivity contribution in [3.8, 4) is 0 Å². The number of hydrogen-bond donors (Lipinski definition) is 3. The maximum absolute atomic E-state index is 10.7. The molecule has 1 amide bonds. The number of nitrogens with one attached hydrogen (secondary N) is 1. The molecule has 0 unspecified atom stereocenters. The summed E-state index contributed by atoms with van der Waals surface area (Å²) in [6.07, 6.45) is -1.28. The van der Waals surface area contributed by atoms with Gasteiger partial charge in [0, 0.05) is 6.54 Å². The molecule has 0 heterocycles. The van der Waals surface area contributed by atoms with E-state index in [4.69, 9.17) is 20.7 Å². The number of carbonyl (C=O) groups excluding carboxylic acids is 1. The molecule has 0 saturated carbocycles. The van der Waals surface area contributed by atoms with Crippen LogP contribution in [0.3, 0.4) is 0 Å². The third-order valence-corrected chi connectivity index (χ3v) is 1.95. The first kappa shape index (κ1) is 16.1. The Morgan fingerprint density at radius 1 is 1.21 bits per heavy atom. The molecule has 0 aromatic heterocycles. The zero-order chi connectivity index (χ0) is 15.1. The van der Waals surface area contributed by atoms with E-state index < -0.39 is 12.2 Å². The highest BCUT2D eigenvalue weighted by atomic mass is 16.5. The van der Waals surface area contributed by atoms with Gasteiger partial charge in [-0.1, -0.05) is 0 Å². The number of aliphatic hydroxyl groups is 2. The highest BCUT2D eigenvalue weighted by Gasteiger charge is 2.00. The van der Waals surface area contributed by atoms with Gasteiger partial charge >= 0.3 is 6.09 Å². The standard InChI is InChI=1S/C11H23NO7/c1-16-11(15)12-2-3-17-4-5-18-6-7-19-9-10(14)8-13/h10,13-14H,2-9H2,1H3,(H,12,15)/t10-/m0/s1/i13D. The fourth-order valence-corrected chi connectivity index (χ4v) is 1.00. The molecule has 0 aromatic rings. The van der Waals surface area contributed by atoms with Crippen LogP contribution in [-0.2, 0) is 18.9 Å². The molecule has 0 aliphatic rings. The van der Waals surface area contributed by atoms with Gasteiger partial charge in [-0.05, 0) is 0 Å². The van der Waals surface area contributed by atoms with Gasteiger partial charge < -0.3 is 34.5 Å². The number of methoxy groups -OCH3 is 1. The Labute approximate surface area is 114 Å². The van der Waals surface area contributed by atoms with Gasteiger partial charge in [0.1, 0.15) is 6.10 Å². The van der Waals surface area contributed by atoms with Crippen LogP contribution in [0.2, 0.25) is 0 Å². The lowest BCUT2D eigenvalue weighted by Gasteiger charge is -2.09. The molecule has 8 nitrogen and oxygen atoms in total. The van der Waals surface area contributed by atoms with Gasteiger partial charge in [-0.3, -0.25) is 0 Å². The van der Waals surface area contributed by atoms with Gasteiger partial charge in [0.25, 0.3) is 0 Å². The van der Waals surface area contributed by atoms with Crippen LogP contribution in [0.1, 0.15) is 0 Å². The van der Waals surface area contributed by atoms with Gasteiger partial charge in [0.15, 0.2) is 0 Å². The van der Waals surface area contributed by atoms with E-state index in [1.165, 1.54) is 7.11 Å². The van der Waals surface area contributed by atoms with Crippen LogP contribution < -0.4 is 5.32 Å². The van der Waals surface area contributed by atoms with Crippen molar-refractivity contribution in [3.05, 3.63) is 0 Å². The summed E-state index contributed by atoms with van der Waals surface area (Å²) >= 11 is 0. The van der Waals surface area contributed by atoms with Gasteiger partial charge in [0.2, 0.25) is 1.43 Å². The molecular formula is C11H23NO7. The second-order valence-electron chi connectivity index (χ2n) is 3.54. The smallest absolute Gasteiger partial charge is 0.406 e. The van der Waals surface area contributed by atoms with E-state index in [0.717, 1.165) is 0 Å². The molecule has 0 spiro atoms. The van der Waals surface area contributed by atoms with Crippen LogP contribution in [0.15, 0.2) is 0 Å². The van der Waals surface area contributed by atoms with Crippen molar-refractivity contribution in [2.24, 2.45) is 0 Å². The molecular weight excluding hydrogens is 258 g/mol. The van der Waals surface area contributed by atoms with Crippen LogP contribution in [0, 0.1) is 0 Å². The van der Waals surface area contributed by atoms with E-state index in [9.17, 15) is 4.79 Å². The van der Waals surface area contributed by atoms with E-state index >= 15 is 0 Å². The lowest BCUT2D eigenvalue weighted by Crippen LogP contribution is -2.27. The Morgan fingerprint density at radius 3 is 2.47 bits per heavy atom. The Bertz CT molecular complexity index is 233. The molecule has 0 fully saturated rings. The van der Waals surface area contributed by atoms with Crippen molar-refractivity contribution in [2.75, 3.05) is 59.9 Å². The molecule has 8 heteroatoms. The minimum Gasteiger partial charge on any atom is -0.453 e. The van der Waals surface area contributed by atoms with Gasteiger partial charge in [-0.15, -0.1) is 0 Å². The first-order valence-corrected chi connectivity index (χ1v) is 6.02. The first-order chi connectivity index (χ1) is 9.70. The monoisotopic (exact) mass is 282 g/mol. The summed E-state index contributed by atoms with van der Waals surface area (Å²) < 4.78 is 26.3. The Balaban J connectivity index is 3.08. The van der Waals surface area contributed by atoms with Crippen molar-refractivity contribution in [2.45, 2.75) is 6.10 Å². The molecule has 1 atom stereocenters. The SMILES string of the molecule is [2H]OC[C@H](O)COCCOCCOCCNC(=O)OC.